The van der Waals surface area contributed by atoms with Crippen LogP contribution in [0.4, 0.5) is 0 Å². The molecule has 0 amide bonds. The normalized spacial score (nSPS) is 27.8. The van der Waals surface area contributed by atoms with Gasteiger partial charge in [-0.05, 0) is 61.5 Å². The van der Waals surface area contributed by atoms with Crippen molar-refractivity contribution in [2.75, 3.05) is 0 Å². The number of nitrogens with zero attached hydrogens (tertiary/aromatic N) is 1. The molecule has 1 heterocycles. The van der Waals surface area contributed by atoms with Crippen molar-refractivity contribution in [2.45, 2.75) is 39.2 Å². The molecule has 2 nitrogen and oxygen atoms in total. The Balaban J connectivity index is 2.11. The van der Waals surface area contributed by atoms with Crippen LogP contribution in [-0.2, 0) is 0 Å². The van der Waals surface area contributed by atoms with Gasteiger partial charge < -0.3 is 9.55 Å². The second kappa shape index (κ2) is 4.95. The highest BCUT2D eigenvalue weighted by atomic mass is 35.5. The van der Waals surface area contributed by atoms with Crippen molar-refractivity contribution in [2.24, 2.45) is 11.8 Å². The Morgan fingerprint density at radius 1 is 1.21 bits per heavy atom. The third-order valence-corrected chi connectivity index (χ3v) is 4.73. The summed E-state index contributed by atoms with van der Waals surface area (Å²) in [5.41, 5.74) is 2.23. The van der Waals surface area contributed by atoms with Gasteiger partial charge in [-0.2, -0.15) is 0 Å². The van der Waals surface area contributed by atoms with Crippen molar-refractivity contribution in [1.82, 2.24) is 9.55 Å². The molecule has 0 saturated heterocycles. The molecule has 1 aliphatic rings. The molecule has 1 aliphatic carbocycles. The molecule has 1 N–H and O–H groups in total. The minimum atomic E-state index is 0.499. The van der Waals surface area contributed by atoms with E-state index in [4.69, 9.17) is 23.8 Å². The molecule has 1 saturated carbocycles. The Hall–Kier alpha value is -0.800. The lowest BCUT2D eigenvalue weighted by molar-refractivity contribution is 0.223. The van der Waals surface area contributed by atoms with Crippen LogP contribution in [0.3, 0.4) is 0 Å². The van der Waals surface area contributed by atoms with Crippen molar-refractivity contribution < 1.29 is 0 Å². The number of nitrogens with one attached hydrogen (secondary N) is 1. The van der Waals surface area contributed by atoms with Crippen LogP contribution >= 0.6 is 23.8 Å². The lowest BCUT2D eigenvalue weighted by Crippen LogP contribution is -2.22. The van der Waals surface area contributed by atoms with Crippen LogP contribution in [0, 0.1) is 16.6 Å². The van der Waals surface area contributed by atoms with Gasteiger partial charge in [0.1, 0.15) is 0 Å². The monoisotopic (exact) mass is 294 g/mol. The molecule has 0 aliphatic heterocycles. The van der Waals surface area contributed by atoms with Gasteiger partial charge in [-0.1, -0.05) is 25.4 Å². The van der Waals surface area contributed by atoms with E-state index in [1.54, 1.807) is 0 Å². The highest BCUT2D eigenvalue weighted by molar-refractivity contribution is 7.71. The lowest BCUT2D eigenvalue weighted by Gasteiger charge is -2.32. The Morgan fingerprint density at radius 2 is 1.89 bits per heavy atom. The van der Waals surface area contributed by atoms with E-state index in [1.807, 2.05) is 18.2 Å². The van der Waals surface area contributed by atoms with E-state index < -0.39 is 0 Å². The number of H-pyrrole nitrogens is 1. The van der Waals surface area contributed by atoms with Crippen LogP contribution < -0.4 is 0 Å². The molecule has 19 heavy (non-hydrogen) atoms. The minimum Gasteiger partial charge on any atom is -0.331 e. The van der Waals surface area contributed by atoms with Crippen LogP contribution in [0.25, 0.3) is 11.0 Å². The standard InChI is InChI=1S/C15H19ClN2S/c1-9-5-10(2)7-12(6-9)18-14-8-11(16)3-4-13(14)17-15(18)19/h3-4,8-10,12H,5-7H2,1-2H3,(H,17,19). The van der Waals surface area contributed by atoms with Crippen molar-refractivity contribution in [3.05, 3.63) is 28.0 Å². The van der Waals surface area contributed by atoms with Gasteiger partial charge in [0.25, 0.3) is 0 Å². The van der Waals surface area contributed by atoms with E-state index >= 15 is 0 Å². The first-order valence-electron chi connectivity index (χ1n) is 6.94. The van der Waals surface area contributed by atoms with Crippen LogP contribution in [0.2, 0.25) is 5.02 Å². The molecular weight excluding hydrogens is 276 g/mol. The summed E-state index contributed by atoms with van der Waals surface area (Å²) in [5, 5.41) is 0.771. The maximum atomic E-state index is 6.13. The molecule has 4 heteroatoms. The molecule has 0 bridgehead atoms. The fourth-order valence-corrected chi connectivity index (χ4v) is 4.10. The maximum Gasteiger partial charge on any atom is 0.178 e. The average Bonchev–Trinajstić information content (AvgIpc) is 2.63. The van der Waals surface area contributed by atoms with Crippen molar-refractivity contribution >= 4 is 34.9 Å². The first-order chi connectivity index (χ1) is 9.04. The van der Waals surface area contributed by atoms with Gasteiger partial charge in [-0.25, -0.2) is 0 Å². The molecular formula is C15H19ClN2S. The number of fused-ring (bicyclic) bond motifs is 1. The Morgan fingerprint density at radius 3 is 2.58 bits per heavy atom. The second-order valence-electron chi connectivity index (χ2n) is 6.03. The number of aromatic amines is 1. The average molecular weight is 295 g/mol. The van der Waals surface area contributed by atoms with E-state index in [1.165, 1.54) is 19.3 Å². The zero-order valence-corrected chi connectivity index (χ0v) is 12.9. The molecule has 0 spiro atoms. The van der Waals surface area contributed by atoms with Gasteiger partial charge in [0.05, 0.1) is 11.0 Å². The van der Waals surface area contributed by atoms with Crippen LogP contribution in [-0.4, -0.2) is 9.55 Å². The van der Waals surface area contributed by atoms with Crippen LogP contribution in [0.15, 0.2) is 18.2 Å². The van der Waals surface area contributed by atoms with Gasteiger partial charge in [0, 0.05) is 11.1 Å². The fraction of sp³-hybridized carbons (Fsp3) is 0.533. The number of halogens is 1. The van der Waals surface area contributed by atoms with E-state index in [9.17, 15) is 0 Å². The SMILES string of the molecule is CC1CC(C)CC(n2c(=S)[nH]c3ccc(Cl)cc32)C1. The van der Waals surface area contributed by atoms with Crippen molar-refractivity contribution in [3.63, 3.8) is 0 Å². The summed E-state index contributed by atoms with van der Waals surface area (Å²) in [7, 11) is 0. The first kappa shape index (κ1) is 13.2. The van der Waals surface area contributed by atoms with E-state index in [-0.39, 0.29) is 0 Å². The van der Waals surface area contributed by atoms with Gasteiger partial charge >= 0.3 is 0 Å². The predicted octanol–water partition coefficient (Wildman–Crippen LogP) is 5.35. The number of hydrogen-bond donors (Lipinski definition) is 1. The molecule has 2 atom stereocenters. The summed E-state index contributed by atoms with van der Waals surface area (Å²) < 4.78 is 3.10. The number of imidazole rings is 1. The molecule has 2 unspecified atom stereocenters. The highest BCUT2D eigenvalue weighted by Gasteiger charge is 2.26. The molecule has 1 aromatic carbocycles. The number of aromatic nitrogens is 2. The minimum absolute atomic E-state index is 0.499. The molecule has 2 aromatic rings. The number of hydrogen-bond acceptors (Lipinski definition) is 1. The van der Waals surface area contributed by atoms with Gasteiger partial charge in [0.2, 0.25) is 0 Å². The largest absolute Gasteiger partial charge is 0.331 e. The second-order valence-corrected chi connectivity index (χ2v) is 6.86. The maximum absolute atomic E-state index is 6.13. The zero-order valence-electron chi connectivity index (χ0n) is 11.3. The quantitative estimate of drug-likeness (QED) is 0.703. The number of benzene rings is 1. The third kappa shape index (κ3) is 2.46. The molecule has 3 rings (SSSR count). The van der Waals surface area contributed by atoms with E-state index in [0.717, 1.165) is 32.7 Å². The Bertz CT molecular complexity index is 648. The van der Waals surface area contributed by atoms with Gasteiger partial charge in [-0.15, -0.1) is 0 Å². The summed E-state index contributed by atoms with van der Waals surface area (Å²) >= 11 is 11.7. The summed E-state index contributed by atoms with van der Waals surface area (Å²) in [6.07, 6.45) is 3.74. The molecule has 1 fully saturated rings. The summed E-state index contributed by atoms with van der Waals surface area (Å²) in [6, 6.07) is 6.44. The summed E-state index contributed by atoms with van der Waals surface area (Å²) in [6.45, 7) is 4.68. The van der Waals surface area contributed by atoms with Gasteiger partial charge in [0.15, 0.2) is 4.77 Å². The van der Waals surface area contributed by atoms with E-state index in [2.05, 4.69) is 23.4 Å². The van der Waals surface area contributed by atoms with Gasteiger partial charge in [-0.3, -0.25) is 0 Å². The predicted molar refractivity (Wildman–Crippen MR) is 83.3 cm³/mol. The first-order valence-corrected chi connectivity index (χ1v) is 7.73. The summed E-state index contributed by atoms with van der Waals surface area (Å²) in [5.74, 6) is 1.53. The van der Waals surface area contributed by atoms with Crippen LogP contribution in [0.1, 0.15) is 39.2 Å². The van der Waals surface area contributed by atoms with Crippen molar-refractivity contribution in [3.8, 4) is 0 Å². The molecule has 1 aromatic heterocycles. The van der Waals surface area contributed by atoms with Crippen LogP contribution in [0.5, 0.6) is 0 Å². The molecule has 0 radical (unpaired) electrons. The summed E-state index contributed by atoms with van der Waals surface area (Å²) in [4.78, 5) is 3.30. The van der Waals surface area contributed by atoms with E-state index in [0.29, 0.717) is 6.04 Å². The Labute approximate surface area is 123 Å². The third-order valence-electron chi connectivity index (χ3n) is 4.20. The zero-order chi connectivity index (χ0) is 13.6. The Kier molecular flexibility index (Phi) is 3.44. The highest BCUT2D eigenvalue weighted by Crippen LogP contribution is 2.38. The number of rotatable bonds is 1. The van der Waals surface area contributed by atoms with Crippen molar-refractivity contribution in [1.29, 1.82) is 0 Å². The molecule has 102 valence electrons. The topological polar surface area (TPSA) is 20.7 Å². The smallest absolute Gasteiger partial charge is 0.178 e. The lowest BCUT2D eigenvalue weighted by atomic mass is 9.80. The fourth-order valence-electron chi connectivity index (χ4n) is 3.57.